The molecule has 2 aliphatic rings. The molecule has 3 rings (SSSR count). The fourth-order valence-electron chi connectivity index (χ4n) is 2.43. The van der Waals surface area contributed by atoms with Crippen LogP contribution < -0.4 is 15.4 Å². The smallest absolute Gasteiger partial charge is 0.119 e. The van der Waals surface area contributed by atoms with Crippen LogP contribution in [-0.4, -0.2) is 19.7 Å². The van der Waals surface area contributed by atoms with Crippen molar-refractivity contribution in [2.24, 2.45) is 5.92 Å². The lowest BCUT2D eigenvalue weighted by atomic mass is 10.1. The first-order valence-corrected chi connectivity index (χ1v) is 6.08. The van der Waals surface area contributed by atoms with E-state index in [2.05, 4.69) is 28.8 Å². The first-order chi connectivity index (χ1) is 7.92. The number of benzene rings is 1. The van der Waals surface area contributed by atoms with Gasteiger partial charge in [-0.1, -0.05) is 6.07 Å². The highest BCUT2D eigenvalue weighted by atomic mass is 16.5. The van der Waals surface area contributed by atoms with Crippen molar-refractivity contribution in [3.05, 3.63) is 29.3 Å². The molecule has 86 valence electrons. The van der Waals surface area contributed by atoms with Crippen LogP contribution in [0.3, 0.4) is 0 Å². The molecule has 0 aromatic heterocycles. The van der Waals surface area contributed by atoms with Crippen LogP contribution >= 0.6 is 0 Å². The van der Waals surface area contributed by atoms with Gasteiger partial charge in [-0.05, 0) is 36.2 Å². The highest BCUT2D eigenvalue weighted by Gasteiger charge is 2.15. The summed E-state index contributed by atoms with van der Waals surface area (Å²) in [7, 11) is 0. The zero-order chi connectivity index (χ0) is 10.8. The van der Waals surface area contributed by atoms with Crippen molar-refractivity contribution in [2.45, 2.75) is 19.5 Å². The fourth-order valence-corrected chi connectivity index (χ4v) is 2.43. The van der Waals surface area contributed by atoms with Gasteiger partial charge in [-0.15, -0.1) is 0 Å². The van der Waals surface area contributed by atoms with Crippen LogP contribution in [0.2, 0.25) is 0 Å². The van der Waals surface area contributed by atoms with Gasteiger partial charge in [0.2, 0.25) is 0 Å². The number of hydrogen-bond donors (Lipinski definition) is 2. The number of ether oxygens (including phenoxy) is 1. The van der Waals surface area contributed by atoms with Gasteiger partial charge >= 0.3 is 0 Å². The van der Waals surface area contributed by atoms with Gasteiger partial charge in [-0.2, -0.15) is 0 Å². The maximum Gasteiger partial charge on any atom is 0.119 e. The number of nitrogens with one attached hydrogen (secondary N) is 2. The van der Waals surface area contributed by atoms with Gasteiger partial charge in [0.25, 0.3) is 0 Å². The Morgan fingerprint density at radius 1 is 1.19 bits per heavy atom. The molecular weight excluding hydrogens is 200 g/mol. The first-order valence-electron chi connectivity index (χ1n) is 6.08. The Labute approximate surface area is 96.2 Å². The van der Waals surface area contributed by atoms with E-state index >= 15 is 0 Å². The molecule has 0 amide bonds. The monoisotopic (exact) mass is 218 g/mol. The lowest BCUT2D eigenvalue weighted by molar-refractivity contribution is 0.260. The highest BCUT2D eigenvalue weighted by molar-refractivity contribution is 5.37. The Kier molecular flexibility index (Phi) is 2.80. The maximum absolute atomic E-state index is 5.85. The van der Waals surface area contributed by atoms with Crippen LogP contribution in [0.25, 0.3) is 0 Å². The summed E-state index contributed by atoms with van der Waals surface area (Å²) in [6.45, 7) is 5.08. The van der Waals surface area contributed by atoms with Gasteiger partial charge in [-0.3, -0.25) is 0 Å². The van der Waals surface area contributed by atoms with Gasteiger partial charge < -0.3 is 15.4 Å². The molecule has 1 saturated heterocycles. The van der Waals surface area contributed by atoms with E-state index in [-0.39, 0.29) is 0 Å². The van der Waals surface area contributed by atoms with Crippen LogP contribution in [0, 0.1) is 5.92 Å². The van der Waals surface area contributed by atoms with E-state index in [0.29, 0.717) is 5.92 Å². The Bertz CT molecular complexity index is 372. The topological polar surface area (TPSA) is 33.3 Å². The quantitative estimate of drug-likeness (QED) is 0.802. The van der Waals surface area contributed by atoms with E-state index in [1.54, 1.807) is 0 Å². The molecule has 1 aromatic carbocycles. The van der Waals surface area contributed by atoms with Crippen LogP contribution in [0.15, 0.2) is 18.2 Å². The summed E-state index contributed by atoms with van der Waals surface area (Å²) >= 11 is 0. The minimum Gasteiger partial charge on any atom is -0.493 e. The molecule has 0 spiro atoms. The van der Waals surface area contributed by atoms with Crippen molar-refractivity contribution < 1.29 is 4.74 Å². The normalized spacial score (nSPS) is 23.4. The zero-order valence-electron chi connectivity index (χ0n) is 9.46. The second-order valence-electron chi connectivity index (χ2n) is 4.70. The van der Waals surface area contributed by atoms with Crippen molar-refractivity contribution in [3.63, 3.8) is 0 Å². The maximum atomic E-state index is 5.85. The molecule has 0 radical (unpaired) electrons. The lowest BCUT2D eigenvalue weighted by Gasteiger charge is -2.11. The molecule has 3 nitrogen and oxygen atoms in total. The molecule has 3 heteroatoms. The van der Waals surface area contributed by atoms with Gasteiger partial charge in [0, 0.05) is 25.6 Å². The largest absolute Gasteiger partial charge is 0.493 e. The third-order valence-corrected chi connectivity index (χ3v) is 3.46. The van der Waals surface area contributed by atoms with Gasteiger partial charge in [0.15, 0.2) is 0 Å². The van der Waals surface area contributed by atoms with Crippen LogP contribution in [0.1, 0.15) is 17.5 Å². The van der Waals surface area contributed by atoms with Crippen LogP contribution in [-0.2, 0) is 13.1 Å². The summed E-state index contributed by atoms with van der Waals surface area (Å²) in [4.78, 5) is 0. The molecule has 2 heterocycles. The molecule has 0 saturated carbocycles. The zero-order valence-corrected chi connectivity index (χ0v) is 9.46. The summed E-state index contributed by atoms with van der Waals surface area (Å²) in [6.07, 6.45) is 1.24. The van der Waals surface area contributed by atoms with E-state index in [0.717, 1.165) is 38.5 Å². The Morgan fingerprint density at radius 2 is 2.12 bits per heavy atom. The van der Waals surface area contributed by atoms with E-state index in [9.17, 15) is 0 Å². The summed E-state index contributed by atoms with van der Waals surface area (Å²) in [5.74, 6) is 1.71. The molecule has 2 N–H and O–H groups in total. The summed E-state index contributed by atoms with van der Waals surface area (Å²) in [5.41, 5.74) is 2.80. The van der Waals surface area contributed by atoms with Crippen molar-refractivity contribution in [1.82, 2.24) is 10.6 Å². The van der Waals surface area contributed by atoms with Crippen molar-refractivity contribution >= 4 is 0 Å². The average molecular weight is 218 g/mol. The number of fused-ring (bicyclic) bond motifs is 1. The molecular formula is C13H18N2O. The third-order valence-electron chi connectivity index (χ3n) is 3.46. The SMILES string of the molecule is c1cc2c(cc1OCC1CCNC1)CNC2. The minimum absolute atomic E-state index is 0.686. The third kappa shape index (κ3) is 2.06. The summed E-state index contributed by atoms with van der Waals surface area (Å²) < 4.78 is 5.85. The highest BCUT2D eigenvalue weighted by Crippen LogP contribution is 2.22. The fraction of sp³-hybridized carbons (Fsp3) is 0.538. The molecule has 16 heavy (non-hydrogen) atoms. The Balaban J connectivity index is 1.61. The standard InChI is InChI=1S/C13H18N2O/c1-2-13(5-12-8-15-7-11(1)12)16-9-10-3-4-14-6-10/h1-2,5,10,14-15H,3-4,6-9H2. The van der Waals surface area contributed by atoms with Crippen molar-refractivity contribution in [2.75, 3.05) is 19.7 Å². The minimum atomic E-state index is 0.686. The molecule has 2 aliphatic heterocycles. The van der Waals surface area contributed by atoms with Gasteiger partial charge in [0.05, 0.1) is 6.61 Å². The van der Waals surface area contributed by atoms with Crippen molar-refractivity contribution in [1.29, 1.82) is 0 Å². The second kappa shape index (κ2) is 4.44. The van der Waals surface area contributed by atoms with E-state index in [1.165, 1.54) is 17.5 Å². The molecule has 1 atom stereocenters. The molecule has 1 unspecified atom stereocenters. The van der Waals surface area contributed by atoms with Crippen LogP contribution in [0.5, 0.6) is 5.75 Å². The molecule has 1 aromatic rings. The van der Waals surface area contributed by atoms with Gasteiger partial charge in [0.1, 0.15) is 5.75 Å². The van der Waals surface area contributed by atoms with E-state index in [1.807, 2.05) is 0 Å². The number of rotatable bonds is 3. The Hall–Kier alpha value is -1.06. The summed E-state index contributed by atoms with van der Waals surface area (Å²) in [6, 6.07) is 6.45. The number of hydrogen-bond acceptors (Lipinski definition) is 3. The Morgan fingerprint density at radius 3 is 3.00 bits per heavy atom. The molecule has 0 aliphatic carbocycles. The van der Waals surface area contributed by atoms with Crippen LogP contribution in [0.4, 0.5) is 0 Å². The predicted octanol–water partition coefficient (Wildman–Crippen LogP) is 1.28. The van der Waals surface area contributed by atoms with Gasteiger partial charge in [-0.25, -0.2) is 0 Å². The predicted molar refractivity (Wildman–Crippen MR) is 63.5 cm³/mol. The van der Waals surface area contributed by atoms with E-state index in [4.69, 9.17) is 4.74 Å². The average Bonchev–Trinajstić information content (AvgIpc) is 2.97. The van der Waals surface area contributed by atoms with E-state index < -0.39 is 0 Å². The first kappa shape index (κ1) is 10.1. The molecule has 0 bridgehead atoms. The van der Waals surface area contributed by atoms with Crippen molar-refractivity contribution in [3.8, 4) is 5.75 Å². The second-order valence-corrected chi connectivity index (χ2v) is 4.70. The lowest BCUT2D eigenvalue weighted by Crippen LogP contribution is -2.15. The molecule has 1 fully saturated rings. The summed E-state index contributed by atoms with van der Waals surface area (Å²) in [5, 5.41) is 6.71.